The zero-order valence-corrected chi connectivity index (χ0v) is 7.90. The quantitative estimate of drug-likeness (QED) is 0.747. The molecule has 1 aliphatic carbocycles. The predicted octanol–water partition coefficient (Wildman–Crippen LogP) is 1.79. The molecule has 2 nitrogen and oxygen atoms in total. The molecule has 70 valence electrons. The van der Waals surface area contributed by atoms with E-state index in [1.165, 1.54) is 5.56 Å². The summed E-state index contributed by atoms with van der Waals surface area (Å²) in [7, 11) is 0. The second kappa shape index (κ2) is 3.11. The molecule has 0 bridgehead atoms. The maximum absolute atomic E-state index is 10.1. The Balaban J connectivity index is 2.06. The maximum atomic E-state index is 10.1. The Labute approximate surface area is 78.6 Å². The summed E-state index contributed by atoms with van der Waals surface area (Å²) in [5.41, 5.74) is 0.741. The number of hydrogen-bond acceptors (Lipinski definition) is 2. The van der Waals surface area contributed by atoms with E-state index in [0.29, 0.717) is 5.92 Å². The van der Waals surface area contributed by atoms with Gasteiger partial charge in [0.1, 0.15) is 0 Å². The molecular formula is C11H15NO. The minimum Gasteiger partial charge on any atom is -0.389 e. The summed E-state index contributed by atoms with van der Waals surface area (Å²) in [5, 5.41) is 10.1. The van der Waals surface area contributed by atoms with Crippen LogP contribution in [0.15, 0.2) is 24.5 Å². The third kappa shape index (κ3) is 1.59. The van der Waals surface area contributed by atoms with Crippen LogP contribution in [-0.4, -0.2) is 15.7 Å². The van der Waals surface area contributed by atoms with Crippen molar-refractivity contribution in [1.82, 2.24) is 4.98 Å². The summed E-state index contributed by atoms with van der Waals surface area (Å²) in [5.74, 6) is 0.445. The molecular weight excluding hydrogens is 162 g/mol. The van der Waals surface area contributed by atoms with Crippen LogP contribution in [0.1, 0.15) is 25.3 Å². The van der Waals surface area contributed by atoms with Gasteiger partial charge in [-0.2, -0.15) is 0 Å². The molecule has 0 spiro atoms. The molecule has 1 N–H and O–H groups in total. The first-order chi connectivity index (χ1) is 6.21. The molecule has 2 atom stereocenters. The van der Waals surface area contributed by atoms with Gasteiger partial charge in [0.05, 0.1) is 5.60 Å². The first-order valence-electron chi connectivity index (χ1n) is 4.82. The normalized spacial score (nSPS) is 32.6. The minimum atomic E-state index is -0.443. The fourth-order valence-corrected chi connectivity index (χ4v) is 1.88. The van der Waals surface area contributed by atoms with Crippen LogP contribution in [0.5, 0.6) is 0 Å². The van der Waals surface area contributed by atoms with Crippen LogP contribution < -0.4 is 0 Å². The molecule has 1 aromatic heterocycles. The van der Waals surface area contributed by atoms with Crippen LogP contribution in [0.4, 0.5) is 0 Å². The lowest BCUT2D eigenvalue weighted by atomic mass is 9.67. The highest BCUT2D eigenvalue weighted by Crippen LogP contribution is 2.40. The highest BCUT2D eigenvalue weighted by molar-refractivity contribution is 5.15. The van der Waals surface area contributed by atoms with E-state index in [1.54, 1.807) is 12.4 Å². The van der Waals surface area contributed by atoms with Crippen molar-refractivity contribution in [2.45, 2.75) is 31.8 Å². The van der Waals surface area contributed by atoms with Crippen molar-refractivity contribution < 1.29 is 5.11 Å². The van der Waals surface area contributed by atoms with Crippen molar-refractivity contribution in [2.75, 3.05) is 0 Å². The van der Waals surface area contributed by atoms with E-state index in [4.69, 9.17) is 0 Å². The summed E-state index contributed by atoms with van der Waals surface area (Å²) >= 11 is 0. The standard InChI is InChI=1S/C11H15NO/c1-9-2-5-11(9,13)8-10-3-6-12-7-4-10/h3-4,6-7,9,13H,2,5,8H2,1H3. The second-order valence-electron chi connectivity index (χ2n) is 4.08. The Morgan fingerprint density at radius 1 is 1.54 bits per heavy atom. The molecule has 1 aliphatic rings. The molecule has 1 heterocycles. The summed E-state index contributed by atoms with van der Waals surface area (Å²) in [4.78, 5) is 3.96. The molecule has 1 aromatic rings. The highest BCUT2D eigenvalue weighted by atomic mass is 16.3. The van der Waals surface area contributed by atoms with Gasteiger partial charge < -0.3 is 5.11 Å². The molecule has 0 aliphatic heterocycles. The summed E-state index contributed by atoms with van der Waals surface area (Å²) in [6.07, 6.45) is 6.43. The van der Waals surface area contributed by atoms with Gasteiger partial charge in [-0.25, -0.2) is 0 Å². The van der Waals surface area contributed by atoms with Crippen LogP contribution in [0, 0.1) is 5.92 Å². The molecule has 1 saturated carbocycles. The van der Waals surface area contributed by atoms with Gasteiger partial charge in [0.2, 0.25) is 0 Å². The number of pyridine rings is 1. The molecule has 2 rings (SSSR count). The largest absolute Gasteiger partial charge is 0.389 e. The lowest BCUT2D eigenvalue weighted by Crippen LogP contribution is -2.47. The highest BCUT2D eigenvalue weighted by Gasteiger charge is 2.41. The van der Waals surface area contributed by atoms with Crippen molar-refractivity contribution in [3.8, 4) is 0 Å². The van der Waals surface area contributed by atoms with Crippen molar-refractivity contribution >= 4 is 0 Å². The second-order valence-corrected chi connectivity index (χ2v) is 4.08. The molecule has 1 fully saturated rings. The fourth-order valence-electron chi connectivity index (χ4n) is 1.88. The summed E-state index contributed by atoms with van der Waals surface area (Å²) in [6, 6.07) is 3.95. The van der Waals surface area contributed by atoms with Crippen LogP contribution in [0.2, 0.25) is 0 Å². The Hall–Kier alpha value is -0.890. The summed E-state index contributed by atoms with van der Waals surface area (Å²) in [6.45, 7) is 2.12. The van der Waals surface area contributed by atoms with E-state index in [-0.39, 0.29) is 0 Å². The van der Waals surface area contributed by atoms with Crippen LogP contribution >= 0.6 is 0 Å². The molecule has 2 heteroatoms. The zero-order valence-electron chi connectivity index (χ0n) is 7.90. The van der Waals surface area contributed by atoms with Gasteiger partial charge >= 0.3 is 0 Å². The SMILES string of the molecule is CC1CCC1(O)Cc1ccncc1. The molecule has 0 aromatic carbocycles. The van der Waals surface area contributed by atoms with Crippen LogP contribution in [0.3, 0.4) is 0 Å². The first-order valence-corrected chi connectivity index (χ1v) is 4.82. The maximum Gasteiger partial charge on any atom is 0.0713 e. The van der Waals surface area contributed by atoms with Gasteiger partial charge in [0.25, 0.3) is 0 Å². The van der Waals surface area contributed by atoms with E-state index < -0.39 is 5.60 Å². The number of rotatable bonds is 2. The van der Waals surface area contributed by atoms with Crippen molar-refractivity contribution in [2.24, 2.45) is 5.92 Å². The van der Waals surface area contributed by atoms with E-state index in [1.807, 2.05) is 12.1 Å². The van der Waals surface area contributed by atoms with Crippen LogP contribution in [-0.2, 0) is 6.42 Å². The number of hydrogen-bond donors (Lipinski definition) is 1. The molecule has 0 radical (unpaired) electrons. The fraction of sp³-hybridized carbons (Fsp3) is 0.545. The number of aromatic nitrogens is 1. The van der Waals surface area contributed by atoms with Gasteiger partial charge in [-0.05, 0) is 36.5 Å². The van der Waals surface area contributed by atoms with Crippen LogP contribution in [0.25, 0.3) is 0 Å². The zero-order chi connectivity index (χ0) is 9.31. The molecule has 0 amide bonds. The minimum absolute atomic E-state index is 0.443. The Kier molecular flexibility index (Phi) is 2.08. The lowest BCUT2D eigenvalue weighted by molar-refractivity contribution is -0.0851. The van der Waals surface area contributed by atoms with E-state index in [9.17, 15) is 5.11 Å². The lowest BCUT2D eigenvalue weighted by Gasteiger charge is -2.43. The Morgan fingerprint density at radius 2 is 2.23 bits per heavy atom. The van der Waals surface area contributed by atoms with E-state index in [2.05, 4.69) is 11.9 Å². The first kappa shape index (κ1) is 8.70. The van der Waals surface area contributed by atoms with Gasteiger partial charge in [0, 0.05) is 18.8 Å². The summed E-state index contributed by atoms with van der Waals surface area (Å²) < 4.78 is 0. The molecule has 0 saturated heterocycles. The number of nitrogens with zero attached hydrogens (tertiary/aromatic N) is 1. The van der Waals surface area contributed by atoms with Gasteiger partial charge in [-0.1, -0.05) is 6.92 Å². The Morgan fingerprint density at radius 3 is 2.69 bits per heavy atom. The Bertz CT molecular complexity index is 285. The van der Waals surface area contributed by atoms with Crippen molar-refractivity contribution in [3.63, 3.8) is 0 Å². The monoisotopic (exact) mass is 177 g/mol. The van der Waals surface area contributed by atoms with Crippen molar-refractivity contribution in [3.05, 3.63) is 30.1 Å². The smallest absolute Gasteiger partial charge is 0.0713 e. The third-order valence-electron chi connectivity index (χ3n) is 3.19. The predicted molar refractivity (Wildman–Crippen MR) is 51.3 cm³/mol. The molecule has 13 heavy (non-hydrogen) atoms. The molecule has 2 unspecified atom stereocenters. The topological polar surface area (TPSA) is 33.1 Å². The number of aliphatic hydroxyl groups is 1. The van der Waals surface area contributed by atoms with Gasteiger partial charge in [0.15, 0.2) is 0 Å². The van der Waals surface area contributed by atoms with Crippen molar-refractivity contribution in [1.29, 1.82) is 0 Å². The van der Waals surface area contributed by atoms with E-state index in [0.717, 1.165) is 19.3 Å². The van der Waals surface area contributed by atoms with Gasteiger partial charge in [-0.15, -0.1) is 0 Å². The third-order valence-corrected chi connectivity index (χ3v) is 3.19. The average molecular weight is 177 g/mol. The van der Waals surface area contributed by atoms with Gasteiger partial charge in [-0.3, -0.25) is 4.98 Å². The van der Waals surface area contributed by atoms with E-state index >= 15 is 0 Å². The average Bonchev–Trinajstić information content (AvgIpc) is 2.17.